The number of nitrogens with two attached hydrogens (primary N) is 1. The zero-order valence-corrected chi connectivity index (χ0v) is 9.76. The summed E-state index contributed by atoms with van der Waals surface area (Å²) in [5, 5.41) is 0. The third kappa shape index (κ3) is 4.70. The van der Waals surface area contributed by atoms with Gasteiger partial charge in [0.25, 0.3) is 0 Å². The Kier molecular flexibility index (Phi) is 5.05. The van der Waals surface area contributed by atoms with Crippen molar-refractivity contribution in [2.75, 3.05) is 26.7 Å². The zero-order valence-electron chi connectivity index (χ0n) is 9.76. The lowest BCUT2D eigenvalue weighted by Crippen LogP contribution is -2.39. The molecule has 0 aromatic carbocycles. The lowest BCUT2D eigenvalue weighted by atomic mass is 9.79. The van der Waals surface area contributed by atoms with E-state index in [1.165, 1.54) is 18.4 Å². The van der Waals surface area contributed by atoms with Crippen LogP contribution in [-0.4, -0.2) is 37.8 Å². The summed E-state index contributed by atoms with van der Waals surface area (Å²) in [6, 6.07) is 0. The summed E-state index contributed by atoms with van der Waals surface area (Å²) in [7, 11) is 1.54. The molecule has 0 amide bonds. The summed E-state index contributed by atoms with van der Waals surface area (Å²) in [4.78, 5) is 1.37. The highest BCUT2D eigenvalue weighted by Crippen LogP contribution is 2.30. The molecule has 2 N–H and O–H groups in total. The molecule has 0 aromatic heterocycles. The molecule has 0 aliphatic heterocycles. The van der Waals surface area contributed by atoms with Crippen LogP contribution in [0.15, 0.2) is 0 Å². The van der Waals surface area contributed by atoms with Gasteiger partial charge >= 0.3 is 6.18 Å². The maximum Gasteiger partial charge on any atom is 0.401 e. The molecule has 0 bridgehead atoms. The van der Waals surface area contributed by atoms with Gasteiger partial charge < -0.3 is 5.73 Å². The highest BCUT2D eigenvalue weighted by Gasteiger charge is 2.31. The van der Waals surface area contributed by atoms with Gasteiger partial charge in [-0.05, 0) is 38.3 Å². The topological polar surface area (TPSA) is 29.3 Å². The summed E-state index contributed by atoms with van der Waals surface area (Å²) in [6.45, 7) is 0.298. The minimum absolute atomic E-state index is 0.339. The normalized spacial score (nSPS) is 27.4. The molecule has 2 unspecified atom stereocenters. The number of hydrogen-bond acceptors (Lipinski definition) is 2. The lowest BCUT2D eigenvalue weighted by Gasteiger charge is -2.33. The molecule has 96 valence electrons. The van der Waals surface area contributed by atoms with Crippen LogP contribution in [0, 0.1) is 11.8 Å². The second-order valence-electron chi connectivity index (χ2n) is 4.85. The fourth-order valence-corrected chi connectivity index (χ4v) is 2.61. The van der Waals surface area contributed by atoms with Crippen molar-refractivity contribution in [1.29, 1.82) is 0 Å². The second kappa shape index (κ2) is 5.87. The van der Waals surface area contributed by atoms with E-state index in [0.29, 0.717) is 24.9 Å². The fraction of sp³-hybridized carbons (Fsp3) is 1.00. The van der Waals surface area contributed by atoms with E-state index in [1.54, 1.807) is 0 Å². The molecule has 0 heterocycles. The van der Waals surface area contributed by atoms with E-state index in [4.69, 9.17) is 5.73 Å². The summed E-state index contributed by atoms with van der Waals surface area (Å²) >= 11 is 0. The molecule has 0 aromatic rings. The first kappa shape index (κ1) is 13.8. The first-order valence-corrected chi connectivity index (χ1v) is 5.87. The van der Waals surface area contributed by atoms with E-state index in [1.807, 2.05) is 0 Å². The smallest absolute Gasteiger partial charge is 0.330 e. The molecular weight excluding hydrogens is 217 g/mol. The average Bonchev–Trinajstić information content (AvgIpc) is 2.15. The highest BCUT2D eigenvalue weighted by atomic mass is 19.4. The number of nitrogens with zero attached hydrogens (tertiary/aromatic N) is 1. The first-order valence-electron chi connectivity index (χ1n) is 5.87. The molecule has 1 saturated carbocycles. The van der Waals surface area contributed by atoms with Crippen molar-refractivity contribution < 1.29 is 13.2 Å². The third-order valence-corrected chi connectivity index (χ3v) is 3.36. The largest absolute Gasteiger partial charge is 0.401 e. The molecule has 0 spiro atoms. The highest BCUT2D eigenvalue weighted by molar-refractivity contribution is 4.78. The van der Waals surface area contributed by atoms with E-state index < -0.39 is 12.7 Å². The predicted molar refractivity (Wildman–Crippen MR) is 58.1 cm³/mol. The van der Waals surface area contributed by atoms with Crippen molar-refractivity contribution in [1.82, 2.24) is 4.90 Å². The van der Waals surface area contributed by atoms with E-state index >= 15 is 0 Å². The minimum Gasteiger partial charge on any atom is -0.330 e. The van der Waals surface area contributed by atoms with Gasteiger partial charge in [-0.15, -0.1) is 0 Å². The van der Waals surface area contributed by atoms with Crippen LogP contribution in [0.2, 0.25) is 0 Å². The van der Waals surface area contributed by atoms with Gasteiger partial charge in [0.1, 0.15) is 0 Å². The Hall–Kier alpha value is -0.290. The Morgan fingerprint density at radius 2 is 1.75 bits per heavy atom. The minimum atomic E-state index is -4.10. The molecule has 1 aliphatic carbocycles. The van der Waals surface area contributed by atoms with Gasteiger partial charge in [-0.25, -0.2) is 0 Å². The summed E-state index contributed by atoms with van der Waals surface area (Å²) in [6.07, 6.45) is 0.287. The Morgan fingerprint density at radius 1 is 1.19 bits per heavy atom. The average molecular weight is 238 g/mol. The Morgan fingerprint density at radius 3 is 2.25 bits per heavy atom. The molecule has 1 rings (SSSR count). The van der Waals surface area contributed by atoms with Crippen LogP contribution < -0.4 is 5.73 Å². The summed E-state index contributed by atoms with van der Waals surface area (Å²) < 4.78 is 36.5. The van der Waals surface area contributed by atoms with E-state index in [2.05, 4.69) is 0 Å². The van der Waals surface area contributed by atoms with Crippen LogP contribution >= 0.6 is 0 Å². The van der Waals surface area contributed by atoms with Gasteiger partial charge in [0.05, 0.1) is 6.54 Å². The van der Waals surface area contributed by atoms with Crippen molar-refractivity contribution in [2.24, 2.45) is 17.6 Å². The summed E-state index contributed by atoms with van der Waals surface area (Å²) in [5.74, 6) is 0.746. The fourth-order valence-electron chi connectivity index (χ4n) is 2.61. The number of alkyl halides is 3. The van der Waals surface area contributed by atoms with Gasteiger partial charge in [0.2, 0.25) is 0 Å². The van der Waals surface area contributed by atoms with Crippen LogP contribution in [0.3, 0.4) is 0 Å². The maximum absolute atomic E-state index is 12.2. The molecule has 0 saturated heterocycles. The first-order chi connectivity index (χ1) is 7.42. The SMILES string of the molecule is CN(CC1CCCCC1CN)CC(F)(F)F. The van der Waals surface area contributed by atoms with E-state index in [0.717, 1.165) is 19.3 Å². The summed E-state index contributed by atoms with van der Waals surface area (Å²) in [5.41, 5.74) is 5.66. The van der Waals surface area contributed by atoms with Crippen LogP contribution in [0.25, 0.3) is 0 Å². The number of hydrogen-bond donors (Lipinski definition) is 1. The van der Waals surface area contributed by atoms with Gasteiger partial charge in [0, 0.05) is 6.54 Å². The predicted octanol–water partition coefficient (Wildman–Crippen LogP) is 2.25. The van der Waals surface area contributed by atoms with Crippen molar-refractivity contribution in [2.45, 2.75) is 31.9 Å². The standard InChI is InChI=1S/C11H21F3N2/c1-16(8-11(12,13)14)7-10-5-3-2-4-9(10)6-15/h9-10H,2-8,15H2,1H3. The monoisotopic (exact) mass is 238 g/mol. The second-order valence-corrected chi connectivity index (χ2v) is 4.85. The number of halogens is 3. The van der Waals surface area contributed by atoms with E-state index in [-0.39, 0.29) is 0 Å². The van der Waals surface area contributed by atoms with Gasteiger partial charge in [0.15, 0.2) is 0 Å². The Balaban J connectivity index is 2.39. The Bertz CT molecular complexity index is 206. The molecule has 16 heavy (non-hydrogen) atoms. The van der Waals surface area contributed by atoms with Crippen LogP contribution in [0.5, 0.6) is 0 Å². The molecule has 5 heteroatoms. The van der Waals surface area contributed by atoms with Crippen LogP contribution in [0.4, 0.5) is 13.2 Å². The van der Waals surface area contributed by atoms with Gasteiger partial charge in [-0.2, -0.15) is 13.2 Å². The molecule has 0 radical (unpaired) electrons. The Labute approximate surface area is 95.0 Å². The van der Waals surface area contributed by atoms with Crippen LogP contribution in [-0.2, 0) is 0 Å². The molecule has 1 fully saturated rings. The third-order valence-electron chi connectivity index (χ3n) is 3.36. The van der Waals surface area contributed by atoms with Gasteiger partial charge in [-0.1, -0.05) is 12.8 Å². The quantitative estimate of drug-likeness (QED) is 0.814. The van der Waals surface area contributed by atoms with Crippen molar-refractivity contribution in [3.63, 3.8) is 0 Å². The number of rotatable bonds is 4. The zero-order chi connectivity index (χ0) is 12.2. The molecule has 1 aliphatic rings. The van der Waals surface area contributed by atoms with Crippen molar-refractivity contribution in [3.8, 4) is 0 Å². The molecule has 2 atom stereocenters. The van der Waals surface area contributed by atoms with Gasteiger partial charge in [-0.3, -0.25) is 4.90 Å². The van der Waals surface area contributed by atoms with Crippen LogP contribution in [0.1, 0.15) is 25.7 Å². The molecular formula is C11H21F3N2. The van der Waals surface area contributed by atoms with Crippen molar-refractivity contribution >= 4 is 0 Å². The van der Waals surface area contributed by atoms with E-state index in [9.17, 15) is 13.2 Å². The lowest BCUT2D eigenvalue weighted by molar-refractivity contribution is -0.144. The maximum atomic E-state index is 12.2. The van der Waals surface area contributed by atoms with Crippen molar-refractivity contribution in [3.05, 3.63) is 0 Å². The molecule has 2 nitrogen and oxygen atoms in total.